The molecule has 1 rings (SSSR count). The molecule has 0 aromatic carbocycles. The number of rotatable bonds is 5. The SMILES string of the molecule is CC(CC(=O)C1C(=O)C(C=O)C(=O)C(C=O)C1=O)C(F)(F)F. The highest BCUT2D eigenvalue weighted by atomic mass is 19.4. The minimum absolute atomic E-state index is 0.124. The molecule has 0 spiro atoms. The third-order valence-corrected chi connectivity index (χ3v) is 3.46. The van der Waals surface area contributed by atoms with Crippen LogP contribution in [0.1, 0.15) is 13.3 Å². The first-order valence-corrected chi connectivity index (χ1v) is 6.17. The standard InChI is InChI=1S/C13H11F3O6/c1-5(13(14,15)16)2-8(19)9-11(21)6(3-17)10(20)7(4-18)12(9)22/h3-7,9H,2H2,1H3. The molecular formula is C13H11F3O6. The minimum atomic E-state index is -4.71. The zero-order valence-corrected chi connectivity index (χ0v) is 11.3. The highest BCUT2D eigenvalue weighted by molar-refractivity contribution is 6.39. The maximum absolute atomic E-state index is 12.4. The van der Waals surface area contributed by atoms with Gasteiger partial charge >= 0.3 is 6.18 Å². The molecule has 1 aliphatic rings. The van der Waals surface area contributed by atoms with Gasteiger partial charge in [-0.05, 0) is 0 Å². The van der Waals surface area contributed by atoms with Gasteiger partial charge in [-0.15, -0.1) is 0 Å². The zero-order chi connectivity index (χ0) is 17.2. The molecule has 0 radical (unpaired) electrons. The molecule has 3 atom stereocenters. The van der Waals surface area contributed by atoms with E-state index in [-0.39, 0.29) is 12.6 Å². The van der Waals surface area contributed by atoms with E-state index in [2.05, 4.69) is 0 Å². The van der Waals surface area contributed by atoms with Gasteiger partial charge in [0, 0.05) is 6.42 Å². The Morgan fingerprint density at radius 1 is 1.05 bits per heavy atom. The summed E-state index contributed by atoms with van der Waals surface area (Å²) < 4.78 is 37.3. The molecule has 0 heterocycles. The Balaban J connectivity index is 3.10. The Morgan fingerprint density at radius 2 is 1.45 bits per heavy atom. The van der Waals surface area contributed by atoms with Crippen LogP contribution in [-0.2, 0) is 28.8 Å². The van der Waals surface area contributed by atoms with Crippen LogP contribution in [0, 0.1) is 23.7 Å². The first-order chi connectivity index (χ1) is 10.1. The van der Waals surface area contributed by atoms with Crippen LogP contribution < -0.4 is 0 Å². The molecule has 0 saturated heterocycles. The summed E-state index contributed by atoms with van der Waals surface area (Å²) in [4.78, 5) is 68.5. The largest absolute Gasteiger partial charge is 0.391 e. The summed E-state index contributed by atoms with van der Waals surface area (Å²) in [6.07, 6.45) is -6.11. The van der Waals surface area contributed by atoms with Gasteiger partial charge in [0.25, 0.3) is 0 Å². The number of carbonyl (C=O) groups excluding carboxylic acids is 6. The number of Topliss-reactive ketones (excluding diaryl/α,β-unsaturated/α-hetero) is 4. The Bertz CT molecular complexity index is 520. The average Bonchev–Trinajstić information content (AvgIpc) is 2.38. The molecule has 1 saturated carbocycles. The van der Waals surface area contributed by atoms with Crippen molar-refractivity contribution >= 4 is 35.7 Å². The van der Waals surface area contributed by atoms with Crippen molar-refractivity contribution in [1.29, 1.82) is 0 Å². The van der Waals surface area contributed by atoms with Crippen molar-refractivity contribution in [2.45, 2.75) is 19.5 Å². The fourth-order valence-corrected chi connectivity index (χ4v) is 2.09. The van der Waals surface area contributed by atoms with Crippen molar-refractivity contribution in [2.24, 2.45) is 23.7 Å². The van der Waals surface area contributed by atoms with Gasteiger partial charge in [0.15, 0.2) is 23.1 Å². The second kappa shape index (κ2) is 6.29. The van der Waals surface area contributed by atoms with Gasteiger partial charge in [0.2, 0.25) is 0 Å². The predicted octanol–water partition coefficient (Wildman–Crippen LogP) is 0.111. The van der Waals surface area contributed by atoms with E-state index in [0.29, 0.717) is 6.92 Å². The molecule has 3 unspecified atom stereocenters. The molecule has 0 aromatic rings. The van der Waals surface area contributed by atoms with Gasteiger partial charge in [0.1, 0.15) is 30.3 Å². The second-order valence-electron chi connectivity index (χ2n) is 4.98. The predicted molar refractivity (Wildman–Crippen MR) is 62.5 cm³/mol. The molecular weight excluding hydrogens is 309 g/mol. The highest BCUT2D eigenvalue weighted by Crippen LogP contribution is 2.31. The van der Waals surface area contributed by atoms with Crippen LogP contribution in [0.25, 0.3) is 0 Å². The summed E-state index contributed by atoms with van der Waals surface area (Å²) in [5, 5.41) is 0. The number of halogens is 3. The van der Waals surface area contributed by atoms with Crippen LogP contribution in [0.3, 0.4) is 0 Å². The van der Waals surface area contributed by atoms with Crippen molar-refractivity contribution in [1.82, 2.24) is 0 Å². The minimum Gasteiger partial charge on any atom is -0.302 e. The van der Waals surface area contributed by atoms with E-state index in [0.717, 1.165) is 0 Å². The first-order valence-electron chi connectivity index (χ1n) is 6.17. The van der Waals surface area contributed by atoms with Crippen LogP contribution in [0.15, 0.2) is 0 Å². The Hall–Kier alpha value is -2.19. The molecule has 0 aliphatic heterocycles. The fourth-order valence-electron chi connectivity index (χ4n) is 2.09. The van der Waals surface area contributed by atoms with Gasteiger partial charge in [-0.2, -0.15) is 13.2 Å². The molecule has 0 aromatic heterocycles. The van der Waals surface area contributed by atoms with E-state index in [1.165, 1.54) is 0 Å². The van der Waals surface area contributed by atoms with Crippen molar-refractivity contribution in [3.05, 3.63) is 0 Å². The van der Waals surface area contributed by atoms with Crippen molar-refractivity contribution in [3.8, 4) is 0 Å². The third kappa shape index (κ3) is 3.18. The smallest absolute Gasteiger partial charge is 0.302 e. The molecule has 0 amide bonds. The fraction of sp³-hybridized carbons (Fsp3) is 0.538. The second-order valence-corrected chi connectivity index (χ2v) is 4.98. The first kappa shape index (κ1) is 17.9. The molecule has 1 aliphatic carbocycles. The molecule has 9 heteroatoms. The molecule has 22 heavy (non-hydrogen) atoms. The number of ketones is 4. The summed E-state index contributed by atoms with van der Waals surface area (Å²) in [6.45, 7) is 0.690. The molecule has 0 bridgehead atoms. The number of aldehydes is 2. The van der Waals surface area contributed by atoms with Crippen molar-refractivity contribution < 1.29 is 41.9 Å². The Morgan fingerprint density at radius 3 is 1.77 bits per heavy atom. The van der Waals surface area contributed by atoms with Crippen LogP contribution in [0.5, 0.6) is 0 Å². The topological polar surface area (TPSA) is 102 Å². The van der Waals surface area contributed by atoms with E-state index < -0.39 is 59.4 Å². The zero-order valence-electron chi connectivity index (χ0n) is 11.3. The van der Waals surface area contributed by atoms with Crippen LogP contribution in [0.2, 0.25) is 0 Å². The Labute approximate surface area is 122 Å². The van der Waals surface area contributed by atoms with E-state index in [9.17, 15) is 41.9 Å². The summed E-state index contributed by atoms with van der Waals surface area (Å²) in [5.41, 5.74) is 0. The van der Waals surface area contributed by atoms with Gasteiger partial charge in [-0.25, -0.2) is 0 Å². The van der Waals surface area contributed by atoms with E-state index in [4.69, 9.17) is 0 Å². The van der Waals surface area contributed by atoms with E-state index >= 15 is 0 Å². The highest BCUT2D eigenvalue weighted by Gasteiger charge is 2.52. The summed E-state index contributed by atoms with van der Waals surface area (Å²) in [7, 11) is 0. The lowest BCUT2D eigenvalue weighted by Gasteiger charge is -2.26. The quantitative estimate of drug-likeness (QED) is 0.526. The van der Waals surface area contributed by atoms with Gasteiger partial charge in [-0.1, -0.05) is 6.92 Å². The number of carbonyl (C=O) groups is 6. The lowest BCUT2D eigenvalue weighted by molar-refractivity contribution is -0.176. The molecule has 120 valence electrons. The summed E-state index contributed by atoms with van der Waals surface area (Å²) >= 11 is 0. The van der Waals surface area contributed by atoms with E-state index in [1.54, 1.807) is 0 Å². The normalized spacial score (nSPS) is 27.5. The van der Waals surface area contributed by atoms with Gasteiger partial charge < -0.3 is 9.59 Å². The number of hydrogen-bond acceptors (Lipinski definition) is 6. The number of hydrogen-bond donors (Lipinski definition) is 0. The summed E-state index contributed by atoms with van der Waals surface area (Å²) in [5.74, 6) is -13.6. The molecule has 6 nitrogen and oxygen atoms in total. The maximum atomic E-state index is 12.4. The number of alkyl halides is 3. The van der Waals surface area contributed by atoms with Crippen molar-refractivity contribution in [3.63, 3.8) is 0 Å². The third-order valence-electron chi connectivity index (χ3n) is 3.46. The van der Waals surface area contributed by atoms with Gasteiger partial charge in [0.05, 0.1) is 5.92 Å². The average molecular weight is 320 g/mol. The monoisotopic (exact) mass is 320 g/mol. The summed E-state index contributed by atoms with van der Waals surface area (Å²) in [6, 6.07) is 0. The van der Waals surface area contributed by atoms with Crippen molar-refractivity contribution in [2.75, 3.05) is 0 Å². The molecule has 1 fully saturated rings. The maximum Gasteiger partial charge on any atom is 0.391 e. The lowest BCUT2D eigenvalue weighted by atomic mass is 9.70. The van der Waals surface area contributed by atoms with Gasteiger partial charge in [-0.3, -0.25) is 19.2 Å². The Kier molecular flexibility index (Phi) is 5.10. The van der Waals surface area contributed by atoms with E-state index in [1.807, 2.05) is 0 Å². The van der Waals surface area contributed by atoms with Crippen LogP contribution in [-0.4, -0.2) is 41.9 Å². The van der Waals surface area contributed by atoms with Crippen LogP contribution >= 0.6 is 0 Å². The molecule has 0 N–H and O–H groups in total. The van der Waals surface area contributed by atoms with Crippen LogP contribution in [0.4, 0.5) is 13.2 Å². The lowest BCUT2D eigenvalue weighted by Crippen LogP contribution is -2.52.